The summed E-state index contributed by atoms with van der Waals surface area (Å²) in [6, 6.07) is 2.10. The summed E-state index contributed by atoms with van der Waals surface area (Å²) in [4.78, 5) is 17.9. The van der Waals surface area contributed by atoms with Gasteiger partial charge < -0.3 is 14.6 Å². The average molecular weight is 396 g/mol. The van der Waals surface area contributed by atoms with E-state index >= 15 is 0 Å². The van der Waals surface area contributed by atoms with Crippen LogP contribution in [-0.4, -0.2) is 56.6 Å². The van der Waals surface area contributed by atoms with Gasteiger partial charge in [-0.2, -0.15) is 0 Å². The van der Waals surface area contributed by atoms with Gasteiger partial charge in [0.05, 0.1) is 23.4 Å². The predicted octanol–water partition coefficient (Wildman–Crippen LogP) is 3.00. The largest absolute Gasteiger partial charge is 0.376 e. The molecule has 3 aliphatic carbocycles. The number of carbonyl (C=O) groups excluding carboxylic acids is 1. The third-order valence-corrected chi connectivity index (χ3v) is 7.32. The average Bonchev–Trinajstić information content (AvgIpc) is 3.59. The van der Waals surface area contributed by atoms with Crippen molar-refractivity contribution < 1.29 is 9.53 Å². The first-order chi connectivity index (χ1) is 14.2. The zero-order valence-electron chi connectivity index (χ0n) is 16.7. The number of nitrogens with one attached hydrogen (secondary N) is 1. The van der Waals surface area contributed by atoms with Gasteiger partial charge in [0, 0.05) is 44.2 Å². The first-order valence-corrected chi connectivity index (χ1v) is 11.2. The summed E-state index contributed by atoms with van der Waals surface area (Å²) in [5.74, 6) is 2.54. The molecule has 154 valence electrons. The smallest absolute Gasteiger partial charge is 0.255 e. The Kier molecular flexibility index (Phi) is 4.25. The Bertz CT molecular complexity index is 870. The van der Waals surface area contributed by atoms with Gasteiger partial charge in [-0.3, -0.25) is 4.79 Å². The molecule has 1 amide bonds. The third-order valence-electron chi connectivity index (χ3n) is 7.32. The van der Waals surface area contributed by atoms with Gasteiger partial charge in [0.25, 0.3) is 5.91 Å². The maximum absolute atomic E-state index is 12.8. The molecular formula is C22H29N5O2. The predicted molar refractivity (Wildman–Crippen MR) is 106 cm³/mol. The van der Waals surface area contributed by atoms with E-state index in [9.17, 15) is 4.79 Å². The van der Waals surface area contributed by atoms with E-state index in [2.05, 4.69) is 26.2 Å². The second-order valence-corrected chi connectivity index (χ2v) is 9.58. The molecule has 0 spiro atoms. The molecule has 29 heavy (non-hydrogen) atoms. The molecular weight excluding hydrogens is 366 g/mol. The summed E-state index contributed by atoms with van der Waals surface area (Å²) >= 11 is 0. The zero-order chi connectivity index (χ0) is 19.4. The summed E-state index contributed by atoms with van der Waals surface area (Å²) in [5.41, 5.74) is 1.90. The molecule has 1 aliphatic heterocycles. The van der Waals surface area contributed by atoms with Gasteiger partial charge in [-0.25, -0.2) is 4.68 Å². The maximum atomic E-state index is 12.8. The summed E-state index contributed by atoms with van der Waals surface area (Å²) in [6.07, 6.45) is 13.1. The molecule has 4 aliphatic rings. The van der Waals surface area contributed by atoms with Crippen LogP contribution in [0.2, 0.25) is 0 Å². The Labute approximate surface area is 170 Å². The number of aromatic nitrogens is 4. The van der Waals surface area contributed by atoms with Gasteiger partial charge in [0.2, 0.25) is 0 Å². The van der Waals surface area contributed by atoms with E-state index in [1.54, 1.807) is 6.20 Å². The van der Waals surface area contributed by atoms with Crippen molar-refractivity contribution in [3.63, 3.8) is 0 Å². The minimum atomic E-state index is 0.143. The van der Waals surface area contributed by atoms with Crippen molar-refractivity contribution in [2.24, 2.45) is 17.8 Å². The zero-order valence-corrected chi connectivity index (χ0v) is 16.7. The van der Waals surface area contributed by atoms with Crippen LogP contribution in [0.3, 0.4) is 0 Å². The molecule has 3 heterocycles. The number of fused-ring (bicyclic) bond motifs is 1. The highest BCUT2D eigenvalue weighted by atomic mass is 16.5. The van der Waals surface area contributed by atoms with Crippen LogP contribution in [0.1, 0.15) is 66.5 Å². The highest BCUT2D eigenvalue weighted by Crippen LogP contribution is 2.44. The fraction of sp³-hybridized carbons (Fsp3) is 0.682. The van der Waals surface area contributed by atoms with Gasteiger partial charge in [-0.15, -0.1) is 5.10 Å². The van der Waals surface area contributed by atoms with Crippen molar-refractivity contribution in [3.05, 3.63) is 35.9 Å². The number of hydrogen-bond donors (Lipinski definition) is 1. The molecule has 4 atom stereocenters. The lowest BCUT2D eigenvalue weighted by atomic mass is 9.77. The topological polar surface area (TPSA) is 76.0 Å². The first kappa shape index (κ1) is 17.7. The molecule has 7 heteroatoms. The fourth-order valence-corrected chi connectivity index (χ4v) is 5.22. The summed E-state index contributed by atoms with van der Waals surface area (Å²) in [7, 11) is 0. The van der Waals surface area contributed by atoms with E-state index in [0.29, 0.717) is 17.8 Å². The van der Waals surface area contributed by atoms with Crippen LogP contribution in [0, 0.1) is 17.8 Å². The molecule has 2 aromatic rings. The van der Waals surface area contributed by atoms with Crippen molar-refractivity contribution in [2.75, 3.05) is 19.7 Å². The molecule has 0 radical (unpaired) electrons. The molecule has 0 aromatic carbocycles. The van der Waals surface area contributed by atoms with Crippen molar-refractivity contribution in [1.82, 2.24) is 24.9 Å². The normalized spacial score (nSPS) is 31.8. The Hall–Kier alpha value is -2.15. The number of nitrogens with zero attached hydrogens (tertiary/aromatic N) is 4. The van der Waals surface area contributed by atoms with E-state index in [1.165, 1.54) is 25.7 Å². The summed E-state index contributed by atoms with van der Waals surface area (Å²) in [5, 5.41) is 8.95. The Morgan fingerprint density at radius 3 is 2.72 bits per heavy atom. The Morgan fingerprint density at radius 2 is 2.00 bits per heavy atom. The lowest BCUT2D eigenvalue weighted by Crippen LogP contribution is -2.38. The van der Waals surface area contributed by atoms with Gasteiger partial charge in [0.1, 0.15) is 0 Å². The Morgan fingerprint density at radius 1 is 1.17 bits per heavy atom. The number of likely N-dealkylation sites (tertiary alicyclic amines) is 1. The van der Waals surface area contributed by atoms with Gasteiger partial charge in [-0.1, -0.05) is 5.21 Å². The van der Waals surface area contributed by atoms with Crippen LogP contribution in [0.15, 0.2) is 24.7 Å². The SMILES string of the molecule is O=C(c1cc[nH]c1)N1C[C@H]2C[C@@H](n3cc(C4CC4)nn3)[C@H](OCC3CC3)C[C@H]2C1. The quantitative estimate of drug-likeness (QED) is 0.816. The summed E-state index contributed by atoms with van der Waals surface area (Å²) in [6.45, 7) is 2.55. The van der Waals surface area contributed by atoms with E-state index < -0.39 is 0 Å². The maximum Gasteiger partial charge on any atom is 0.255 e. The van der Waals surface area contributed by atoms with Crippen molar-refractivity contribution in [1.29, 1.82) is 0 Å². The van der Waals surface area contributed by atoms with E-state index in [0.717, 1.165) is 49.7 Å². The number of aromatic amines is 1. The van der Waals surface area contributed by atoms with Crippen LogP contribution < -0.4 is 0 Å². The molecule has 3 saturated carbocycles. The van der Waals surface area contributed by atoms with Crippen LogP contribution >= 0.6 is 0 Å². The fourth-order valence-electron chi connectivity index (χ4n) is 5.22. The van der Waals surface area contributed by atoms with E-state index in [4.69, 9.17) is 4.74 Å². The van der Waals surface area contributed by atoms with E-state index in [1.807, 2.05) is 17.2 Å². The van der Waals surface area contributed by atoms with Crippen molar-refractivity contribution >= 4 is 5.91 Å². The van der Waals surface area contributed by atoms with Gasteiger partial charge >= 0.3 is 0 Å². The summed E-state index contributed by atoms with van der Waals surface area (Å²) < 4.78 is 8.52. The lowest BCUT2D eigenvalue weighted by molar-refractivity contribution is -0.0375. The Balaban J connectivity index is 1.20. The van der Waals surface area contributed by atoms with Crippen molar-refractivity contribution in [3.8, 4) is 0 Å². The van der Waals surface area contributed by atoms with Crippen LogP contribution in [0.4, 0.5) is 0 Å². The number of carbonyl (C=O) groups is 1. The minimum absolute atomic E-state index is 0.143. The van der Waals surface area contributed by atoms with E-state index in [-0.39, 0.29) is 18.1 Å². The van der Waals surface area contributed by atoms with Gasteiger partial charge in [0.15, 0.2) is 0 Å². The van der Waals surface area contributed by atoms with Crippen LogP contribution in [-0.2, 0) is 4.74 Å². The highest BCUT2D eigenvalue weighted by Gasteiger charge is 2.45. The third kappa shape index (κ3) is 3.50. The van der Waals surface area contributed by atoms with Gasteiger partial charge in [-0.05, 0) is 62.3 Å². The first-order valence-electron chi connectivity index (χ1n) is 11.2. The highest BCUT2D eigenvalue weighted by molar-refractivity contribution is 5.94. The monoisotopic (exact) mass is 395 g/mol. The van der Waals surface area contributed by atoms with Crippen LogP contribution in [0.5, 0.6) is 0 Å². The lowest BCUT2D eigenvalue weighted by Gasteiger charge is -2.37. The molecule has 6 rings (SSSR count). The molecule has 2 aromatic heterocycles. The number of hydrogen-bond acceptors (Lipinski definition) is 4. The number of amides is 1. The molecule has 1 saturated heterocycles. The molecule has 1 N–H and O–H groups in total. The second kappa shape index (κ2) is 6.97. The number of H-pyrrole nitrogens is 1. The van der Waals surface area contributed by atoms with Crippen molar-refractivity contribution in [2.45, 2.75) is 56.6 Å². The molecule has 0 bridgehead atoms. The van der Waals surface area contributed by atoms with Crippen LogP contribution in [0.25, 0.3) is 0 Å². The standard InChI is InChI=1S/C22H29N5O2/c28-22(16-5-6-23-9-16)26-10-17-7-20(27-12-19(24-25-27)15-3-4-15)21(8-18(17)11-26)29-13-14-1-2-14/h5-6,9,12,14-15,17-18,20-21,23H,1-4,7-8,10-11,13H2/t17-,18+,20-,21-/m1/s1. The second-order valence-electron chi connectivity index (χ2n) is 9.58. The molecule has 4 fully saturated rings. The molecule has 7 nitrogen and oxygen atoms in total. The number of rotatable bonds is 6. The molecule has 0 unspecified atom stereocenters. The number of ether oxygens (including phenoxy) is 1. The minimum Gasteiger partial charge on any atom is -0.376 e.